The fraction of sp³-hybridized carbons (Fsp3) is 0.600. The minimum atomic E-state index is -0.362. The third-order valence-electron chi connectivity index (χ3n) is 2.53. The number of ether oxygens (including phenoxy) is 1. The van der Waals surface area contributed by atoms with E-state index in [0.29, 0.717) is 18.8 Å². The predicted molar refractivity (Wildman–Crippen MR) is 54.8 cm³/mol. The molecule has 0 saturated carbocycles. The lowest BCUT2D eigenvalue weighted by molar-refractivity contribution is -0.00892. The van der Waals surface area contributed by atoms with Crippen molar-refractivity contribution in [2.75, 3.05) is 26.7 Å². The number of rotatable bonds is 2. The van der Waals surface area contributed by atoms with Crippen LogP contribution in [0.5, 0.6) is 0 Å². The first kappa shape index (κ1) is 10.3. The molecule has 2 heterocycles. The molecule has 1 saturated heterocycles. The highest BCUT2D eigenvalue weighted by atomic mass is 16.5. The fourth-order valence-corrected chi connectivity index (χ4v) is 1.65. The molecule has 1 aromatic heterocycles. The molecule has 1 aliphatic rings. The standard InChI is InChI=1S/C10H15N3O2/c1-12-5-6-15-9(7-12)10(14)8-3-4-13(2)11-8/h3-4,9H,5-7H2,1-2H3. The van der Waals surface area contributed by atoms with Gasteiger partial charge in [0.05, 0.1) is 6.61 Å². The van der Waals surface area contributed by atoms with Crippen LogP contribution < -0.4 is 0 Å². The van der Waals surface area contributed by atoms with Crippen molar-refractivity contribution in [2.24, 2.45) is 7.05 Å². The Bertz CT molecular complexity index is 361. The van der Waals surface area contributed by atoms with Crippen LogP contribution in [0.25, 0.3) is 0 Å². The molecule has 1 unspecified atom stereocenters. The fourth-order valence-electron chi connectivity index (χ4n) is 1.65. The lowest BCUT2D eigenvalue weighted by atomic mass is 10.1. The third kappa shape index (κ3) is 2.24. The number of morpholine rings is 1. The molecule has 1 aromatic rings. The number of nitrogens with zero attached hydrogens (tertiary/aromatic N) is 3. The molecular weight excluding hydrogens is 194 g/mol. The molecule has 0 aliphatic carbocycles. The van der Waals surface area contributed by atoms with Crippen molar-refractivity contribution >= 4 is 5.78 Å². The maximum atomic E-state index is 11.9. The number of aromatic nitrogens is 2. The van der Waals surface area contributed by atoms with Crippen LogP contribution in [-0.4, -0.2) is 53.3 Å². The van der Waals surface area contributed by atoms with E-state index in [-0.39, 0.29) is 11.9 Å². The van der Waals surface area contributed by atoms with Gasteiger partial charge < -0.3 is 9.64 Å². The third-order valence-corrected chi connectivity index (χ3v) is 2.53. The second kappa shape index (κ2) is 4.12. The summed E-state index contributed by atoms with van der Waals surface area (Å²) >= 11 is 0. The highest BCUT2D eigenvalue weighted by Crippen LogP contribution is 2.09. The van der Waals surface area contributed by atoms with Gasteiger partial charge in [-0.1, -0.05) is 0 Å². The summed E-state index contributed by atoms with van der Waals surface area (Å²) in [6.07, 6.45) is 1.40. The monoisotopic (exact) mass is 209 g/mol. The van der Waals surface area contributed by atoms with E-state index in [9.17, 15) is 4.79 Å². The maximum Gasteiger partial charge on any atom is 0.213 e. The second-order valence-electron chi connectivity index (χ2n) is 3.86. The number of likely N-dealkylation sites (N-methyl/N-ethyl adjacent to an activating group) is 1. The zero-order chi connectivity index (χ0) is 10.8. The van der Waals surface area contributed by atoms with E-state index in [1.807, 2.05) is 7.05 Å². The van der Waals surface area contributed by atoms with Crippen LogP contribution in [0.4, 0.5) is 0 Å². The van der Waals surface area contributed by atoms with Crippen LogP contribution in [0, 0.1) is 0 Å². The molecule has 0 bridgehead atoms. The number of carbonyl (C=O) groups excluding carboxylic acids is 1. The first-order valence-electron chi connectivity index (χ1n) is 5.01. The van der Waals surface area contributed by atoms with Gasteiger partial charge in [-0.15, -0.1) is 0 Å². The Balaban J connectivity index is 2.07. The number of hydrogen-bond acceptors (Lipinski definition) is 4. The molecule has 1 fully saturated rings. The van der Waals surface area contributed by atoms with E-state index in [0.717, 1.165) is 6.54 Å². The number of aryl methyl sites for hydroxylation is 1. The Morgan fingerprint density at radius 3 is 3.00 bits per heavy atom. The van der Waals surface area contributed by atoms with Gasteiger partial charge in [0.2, 0.25) is 5.78 Å². The molecule has 2 rings (SSSR count). The molecule has 1 aliphatic heterocycles. The smallest absolute Gasteiger partial charge is 0.213 e. The molecule has 5 heteroatoms. The van der Waals surface area contributed by atoms with Gasteiger partial charge in [0.1, 0.15) is 11.8 Å². The minimum Gasteiger partial charge on any atom is -0.367 e. The van der Waals surface area contributed by atoms with Gasteiger partial charge in [0, 0.05) is 26.3 Å². The van der Waals surface area contributed by atoms with Crippen molar-refractivity contribution in [3.05, 3.63) is 18.0 Å². The molecule has 0 aromatic carbocycles. The van der Waals surface area contributed by atoms with Crippen molar-refractivity contribution in [3.8, 4) is 0 Å². The number of hydrogen-bond donors (Lipinski definition) is 0. The van der Waals surface area contributed by atoms with Crippen molar-refractivity contribution in [2.45, 2.75) is 6.10 Å². The van der Waals surface area contributed by atoms with Crippen LogP contribution in [0.2, 0.25) is 0 Å². The first-order chi connectivity index (χ1) is 7.16. The number of ketones is 1. The van der Waals surface area contributed by atoms with Crippen molar-refractivity contribution < 1.29 is 9.53 Å². The summed E-state index contributed by atoms with van der Waals surface area (Å²) in [4.78, 5) is 14.0. The van der Waals surface area contributed by atoms with E-state index in [4.69, 9.17) is 4.74 Å². The lowest BCUT2D eigenvalue weighted by Gasteiger charge is -2.28. The first-order valence-corrected chi connectivity index (χ1v) is 5.01. The quantitative estimate of drug-likeness (QED) is 0.640. The van der Waals surface area contributed by atoms with Gasteiger partial charge in [-0.2, -0.15) is 5.10 Å². The molecule has 0 radical (unpaired) electrons. The summed E-state index contributed by atoms with van der Waals surface area (Å²) in [5.41, 5.74) is 0.484. The van der Waals surface area contributed by atoms with E-state index in [1.54, 1.807) is 24.0 Å². The molecule has 5 nitrogen and oxygen atoms in total. The molecule has 1 atom stereocenters. The maximum absolute atomic E-state index is 11.9. The molecule has 82 valence electrons. The summed E-state index contributed by atoms with van der Waals surface area (Å²) < 4.78 is 7.06. The zero-order valence-corrected chi connectivity index (χ0v) is 9.01. The van der Waals surface area contributed by atoms with E-state index >= 15 is 0 Å². The van der Waals surface area contributed by atoms with Gasteiger partial charge in [0.15, 0.2) is 0 Å². The largest absolute Gasteiger partial charge is 0.367 e. The average molecular weight is 209 g/mol. The number of Topliss-reactive ketones (excluding diaryl/α,β-unsaturated/α-hetero) is 1. The van der Waals surface area contributed by atoms with Crippen LogP contribution in [0.3, 0.4) is 0 Å². The van der Waals surface area contributed by atoms with Gasteiger partial charge in [-0.25, -0.2) is 0 Å². The van der Waals surface area contributed by atoms with Gasteiger partial charge >= 0.3 is 0 Å². The van der Waals surface area contributed by atoms with Crippen LogP contribution in [0.1, 0.15) is 10.5 Å². The normalized spacial score (nSPS) is 22.9. The Kier molecular flexibility index (Phi) is 2.83. The van der Waals surface area contributed by atoms with Crippen LogP contribution in [0.15, 0.2) is 12.3 Å². The SMILES string of the molecule is CN1CCOC(C(=O)c2ccn(C)n2)C1. The molecule has 0 amide bonds. The highest BCUT2D eigenvalue weighted by molar-refractivity contribution is 5.97. The second-order valence-corrected chi connectivity index (χ2v) is 3.86. The molecule has 15 heavy (non-hydrogen) atoms. The Labute approximate surface area is 88.6 Å². The summed E-state index contributed by atoms with van der Waals surface area (Å²) in [5, 5.41) is 4.08. The van der Waals surface area contributed by atoms with E-state index < -0.39 is 0 Å². The number of carbonyl (C=O) groups is 1. The van der Waals surface area contributed by atoms with Gasteiger partial charge in [-0.05, 0) is 13.1 Å². The predicted octanol–water partition coefficient (Wildman–Crippen LogP) is -0.0666. The van der Waals surface area contributed by atoms with Gasteiger partial charge in [-0.3, -0.25) is 9.48 Å². The summed E-state index contributed by atoms with van der Waals surface area (Å²) in [7, 11) is 3.78. The van der Waals surface area contributed by atoms with Gasteiger partial charge in [0.25, 0.3) is 0 Å². The molecular formula is C10H15N3O2. The summed E-state index contributed by atoms with van der Waals surface area (Å²) in [6.45, 7) is 2.14. The Morgan fingerprint density at radius 1 is 1.60 bits per heavy atom. The lowest BCUT2D eigenvalue weighted by Crippen LogP contribution is -2.44. The molecule has 0 N–H and O–H groups in total. The summed E-state index contributed by atoms with van der Waals surface area (Å²) in [6, 6.07) is 1.72. The van der Waals surface area contributed by atoms with Crippen molar-refractivity contribution in [1.82, 2.24) is 14.7 Å². The summed E-state index contributed by atoms with van der Waals surface area (Å²) in [5.74, 6) is -0.0258. The topological polar surface area (TPSA) is 47.4 Å². The van der Waals surface area contributed by atoms with Crippen molar-refractivity contribution in [1.29, 1.82) is 0 Å². The van der Waals surface area contributed by atoms with E-state index in [1.165, 1.54) is 0 Å². The Morgan fingerprint density at radius 2 is 2.40 bits per heavy atom. The molecule has 0 spiro atoms. The van der Waals surface area contributed by atoms with Crippen LogP contribution >= 0.6 is 0 Å². The van der Waals surface area contributed by atoms with Crippen LogP contribution in [-0.2, 0) is 11.8 Å². The Hall–Kier alpha value is -1.20. The van der Waals surface area contributed by atoms with E-state index in [2.05, 4.69) is 10.00 Å². The minimum absolute atomic E-state index is 0.0258. The average Bonchev–Trinajstić information content (AvgIpc) is 2.64. The highest BCUT2D eigenvalue weighted by Gasteiger charge is 2.27. The van der Waals surface area contributed by atoms with Crippen molar-refractivity contribution in [3.63, 3.8) is 0 Å². The zero-order valence-electron chi connectivity index (χ0n) is 9.01.